The molecule has 0 fully saturated rings. The smallest absolute Gasteiger partial charge is 0.280 e. The Labute approximate surface area is 115 Å². The highest BCUT2D eigenvalue weighted by Gasteiger charge is 2.12. The summed E-state index contributed by atoms with van der Waals surface area (Å²) in [7, 11) is 0. The molecular formula is C14H15FN2OS. The number of amides is 1. The number of carbonyl (C=O) groups excluding carboxylic acids is 1. The van der Waals surface area contributed by atoms with Crippen LogP contribution in [0.3, 0.4) is 0 Å². The zero-order valence-electron chi connectivity index (χ0n) is 10.8. The largest absolute Gasteiger partial charge is 0.348 e. The van der Waals surface area contributed by atoms with Crippen LogP contribution >= 0.6 is 11.3 Å². The summed E-state index contributed by atoms with van der Waals surface area (Å²) in [6.07, 6.45) is 2.26. The van der Waals surface area contributed by atoms with Crippen LogP contribution in [0, 0.1) is 5.82 Å². The van der Waals surface area contributed by atoms with Gasteiger partial charge in [0.05, 0.1) is 0 Å². The Kier molecular flexibility index (Phi) is 4.27. The van der Waals surface area contributed by atoms with Gasteiger partial charge in [-0.25, -0.2) is 9.37 Å². The lowest BCUT2D eigenvalue weighted by Gasteiger charge is -2.04. The lowest BCUT2D eigenvalue weighted by atomic mass is 10.1. The lowest BCUT2D eigenvalue weighted by molar-refractivity contribution is 0.0943. The van der Waals surface area contributed by atoms with Crippen LogP contribution in [0.4, 0.5) is 4.39 Å². The average molecular weight is 278 g/mol. The van der Waals surface area contributed by atoms with Crippen molar-refractivity contribution in [3.63, 3.8) is 0 Å². The van der Waals surface area contributed by atoms with E-state index in [0.717, 1.165) is 10.4 Å². The molecule has 2 rings (SSSR count). The molecule has 1 aromatic carbocycles. The first-order chi connectivity index (χ1) is 9.04. The number of nitrogens with one attached hydrogen (secondary N) is 1. The van der Waals surface area contributed by atoms with Gasteiger partial charge >= 0.3 is 0 Å². The third-order valence-electron chi connectivity index (χ3n) is 2.43. The number of benzene rings is 1. The van der Waals surface area contributed by atoms with Crippen molar-refractivity contribution in [2.75, 3.05) is 0 Å². The topological polar surface area (TPSA) is 42.0 Å². The van der Waals surface area contributed by atoms with E-state index in [-0.39, 0.29) is 17.8 Å². The van der Waals surface area contributed by atoms with E-state index in [1.807, 2.05) is 19.9 Å². The van der Waals surface area contributed by atoms with Crippen LogP contribution in [-0.4, -0.2) is 16.9 Å². The maximum Gasteiger partial charge on any atom is 0.280 e. The highest BCUT2D eigenvalue weighted by Crippen LogP contribution is 2.18. The molecule has 0 saturated heterocycles. The first-order valence-electron chi connectivity index (χ1n) is 6.04. The molecule has 19 heavy (non-hydrogen) atoms. The Bertz CT molecular complexity index is 580. The Balaban J connectivity index is 2.07. The van der Waals surface area contributed by atoms with Crippen LogP contribution in [0.5, 0.6) is 0 Å². The van der Waals surface area contributed by atoms with Crippen LogP contribution < -0.4 is 5.32 Å². The van der Waals surface area contributed by atoms with Gasteiger partial charge in [0.15, 0.2) is 5.01 Å². The number of thiazole rings is 1. The Morgan fingerprint density at radius 2 is 2.26 bits per heavy atom. The quantitative estimate of drug-likeness (QED) is 0.934. The van der Waals surface area contributed by atoms with Crippen LogP contribution in [0.25, 0.3) is 0 Å². The molecule has 0 unspecified atom stereocenters. The van der Waals surface area contributed by atoms with Crippen molar-refractivity contribution in [3.05, 3.63) is 51.7 Å². The SMILES string of the molecule is CC(C)NC(=O)c1ncc(Cc2cccc(F)c2)s1. The summed E-state index contributed by atoms with van der Waals surface area (Å²) >= 11 is 1.34. The third kappa shape index (κ3) is 3.86. The van der Waals surface area contributed by atoms with Gasteiger partial charge in [0.1, 0.15) is 5.82 Å². The van der Waals surface area contributed by atoms with E-state index in [9.17, 15) is 9.18 Å². The van der Waals surface area contributed by atoms with E-state index in [2.05, 4.69) is 10.3 Å². The number of aromatic nitrogens is 1. The van der Waals surface area contributed by atoms with Crippen LogP contribution in [-0.2, 0) is 6.42 Å². The van der Waals surface area contributed by atoms with Gasteiger partial charge in [-0.15, -0.1) is 11.3 Å². The van der Waals surface area contributed by atoms with E-state index in [4.69, 9.17) is 0 Å². The summed E-state index contributed by atoms with van der Waals surface area (Å²) < 4.78 is 13.1. The minimum Gasteiger partial charge on any atom is -0.348 e. The number of carbonyl (C=O) groups is 1. The highest BCUT2D eigenvalue weighted by atomic mass is 32.1. The summed E-state index contributed by atoms with van der Waals surface area (Å²) in [5.41, 5.74) is 0.875. The fraction of sp³-hybridized carbons (Fsp3) is 0.286. The summed E-state index contributed by atoms with van der Waals surface area (Å²) in [4.78, 5) is 16.8. The maximum atomic E-state index is 13.1. The molecule has 1 aromatic heterocycles. The highest BCUT2D eigenvalue weighted by molar-refractivity contribution is 7.13. The summed E-state index contributed by atoms with van der Waals surface area (Å²) in [6, 6.07) is 6.53. The number of nitrogens with zero attached hydrogens (tertiary/aromatic N) is 1. The summed E-state index contributed by atoms with van der Waals surface area (Å²) in [5, 5.41) is 3.24. The molecule has 0 aliphatic heterocycles. The molecule has 100 valence electrons. The van der Waals surface area contributed by atoms with Gasteiger partial charge in [0.25, 0.3) is 5.91 Å². The first-order valence-corrected chi connectivity index (χ1v) is 6.86. The molecule has 2 aromatic rings. The van der Waals surface area contributed by atoms with Crippen molar-refractivity contribution in [2.45, 2.75) is 26.3 Å². The average Bonchev–Trinajstić information content (AvgIpc) is 2.76. The van der Waals surface area contributed by atoms with Gasteiger partial charge < -0.3 is 5.32 Å². The van der Waals surface area contributed by atoms with E-state index in [1.54, 1.807) is 12.3 Å². The number of hydrogen-bond acceptors (Lipinski definition) is 3. The zero-order chi connectivity index (χ0) is 13.8. The number of hydrogen-bond donors (Lipinski definition) is 1. The zero-order valence-corrected chi connectivity index (χ0v) is 11.6. The molecule has 3 nitrogen and oxygen atoms in total. The van der Waals surface area contributed by atoms with Crippen LogP contribution in [0.15, 0.2) is 30.5 Å². The Morgan fingerprint density at radius 3 is 2.95 bits per heavy atom. The van der Waals surface area contributed by atoms with E-state index in [0.29, 0.717) is 11.4 Å². The molecule has 1 amide bonds. The normalized spacial score (nSPS) is 10.7. The van der Waals surface area contributed by atoms with Crippen molar-refractivity contribution in [2.24, 2.45) is 0 Å². The van der Waals surface area contributed by atoms with Gasteiger partial charge in [0, 0.05) is 23.5 Å². The monoisotopic (exact) mass is 278 g/mol. The minimum absolute atomic E-state index is 0.0862. The van der Waals surface area contributed by atoms with Crippen LogP contribution in [0.1, 0.15) is 34.1 Å². The van der Waals surface area contributed by atoms with Crippen molar-refractivity contribution in [1.29, 1.82) is 0 Å². The van der Waals surface area contributed by atoms with Gasteiger partial charge in [-0.3, -0.25) is 4.79 Å². The van der Waals surface area contributed by atoms with E-state index < -0.39 is 0 Å². The second kappa shape index (κ2) is 5.93. The first kappa shape index (κ1) is 13.7. The molecule has 0 spiro atoms. The Hall–Kier alpha value is -1.75. The predicted molar refractivity (Wildman–Crippen MR) is 73.9 cm³/mol. The number of rotatable bonds is 4. The van der Waals surface area contributed by atoms with Crippen molar-refractivity contribution in [3.8, 4) is 0 Å². The Morgan fingerprint density at radius 1 is 1.47 bits per heavy atom. The van der Waals surface area contributed by atoms with Crippen LogP contribution in [0.2, 0.25) is 0 Å². The second-order valence-corrected chi connectivity index (χ2v) is 5.68. The molecule has 0 bridgehead atoms. The van der Waals surface area contributed by atoms with Gasteiger partial charge in [-0.2, -0.15) is 0 Å². The minimum atomic E-state index is -0.250. The van der Waals surface area contributed by atoms with E-state index in [1.165, 1.54) is 23.5 Å². The molecule has 0 aliphatic rings. The molecule has 0 radical (unpaired) electrons. The summed E-state index contributed by atoms with van der Waals surface area (Å²) in [6.45, 7) is 3.80. The van der Waals surface area contributed by atoms with Crippen molar-refractivity contribution < 1.29 is 9.18 Å². The fourth-order valence-corrected chi connectivity index (χ4v) is 2.52. The third-order valence-corrected chi connectivity index (χ3v) is 3.43. The fourth-order valence-electron chi connectivity index (χ4n) is 1.67. The molecule has 5 heteroatoms. The number of halogens is 1. The van der Waals surface area contributed by atoms with Gasteiger partial charge in [-0.05, 0) is 31.5 Å². The van der Waals surface area contributed by atoms with Crippen molar-refractivity contribution in [1.82, 2.24) is 10.3 Å². The van der Waals surface area contributed by atoms with Crippen molar-refractivity contribution >= 4 is 17.2 Å². The molecule has 0 aliphatic carbocycles. The molecule has 0 saturated carbocycles. The predicted octanol–water partition coefficient (Wildman–Crippen LogP) is 3.01. The molecule has 0 atom stereocenters. The summed E-state index contributed by atoms with van der Waals surface area (Å²) in [5.74, 6) is -0.412. The second-order valence-electron chi connectivity index (χ2n) is 4.57. The standard InChI is InChI=1S/C14H15FN2OS/c1-9(2)17-13(18)14-16-8-12(19-14)7-10-4-3-5-11(15)6-10/h3-6,8-9H,7H2,1-2H3,(H,17,18). The molecule has 1 heterocycles. The lowest BCUT2D eigenvalue weighted by Crippen LogP contribution is -2.29. The maximum absolute atomic E-state index is 13.1. The molecular weight excluding hydrogens is 263 g/mol. The van der Waals surface area contributed by atoms with E-state index >= 15 is 0 Å². The molecule has 1 N–H and O–H groups in total. The van der Waals surface area contributed by atoms with Gasteiger partial charge in [-0.1, -0.05) is 12.1 Å². The van der Waals surface area contributed by atoms with Gasteiger partial charge in [0.2, 0.25) is 0 Å².